The lowest BCUT2D eigenvalue weighted by Gasteiger charge is -2.26. The minimum absolute atomic E-state index is 0.341. The predicted octanol–water partition coefficient (Wildman–Crippen LogP) is -0.147. The molecule has 13 heteroatoms. The second-order valence-electron chi connectivity index (χ2n) is 8.09. The largest absolute Gasteiger partial charge is 0.494 e. The number of aryl methyl sites for hydroxylation is 1. The molecule has 1 aromatic carbocycles. The van der Waals surface area contributed by atoms with Gasteiger partial charge in [-0.15, -0.1) is 0 Å². The lowest BCUT2D eigenvalue weighted by molar-refractivity contribution is -0.165. The molecule has 1 aliphatic heterocycles. The molecule has 2 aromatic rings. The highest BCUT2D eigenvalue weighted by Crippen LogP contribution is 2.17. The molecule has 13 nitrogen and oxygen atoms in total. The van der Waals surface area contributed by atoms with E-state index in [1.807, 2.05) is 6.07 Å². The van der Waals surface area contributed by atoms with Crippen LogP contribution in [0.25, 0.3) is 0 Å². The quantitative estimate of drug-likeness (QED) is 0.227. The number of carbonyl (C=O) groups is 2. The summed E-state index contributed by atoms with van der Waals surface area (Å²) in [5, 5.41) is 38.2. The molecule has 2 unspecified atom stereocenters. The van der Waals surface area contributed by atoms with Gasteiger partial charge in [0.05, 0.1) is 6.61 Å². The molecule has 2 heterocycles. The number of carboxylic acids is 2. The Morgan fingerprint density at radius 3 is 2.37 bits per heavy atom. The number of aliphatic carboxylic acids is 2. The summed E-state index contributed by atoms with van der Waals surface area (Å²) in [4.78, 5) is 37.0. The molecule has 0 radical (unpaired) electrons. The van der Waals surface area contributed by atoms with Gasteiger partial charge in [-0.1, -0.05) is 18.6 Å². The summed E-state index contributed by atoms with van der Waals surface area (Å²) in [6, 6.07) is 8.37. The molecule has 35 heavy (non-hydrogen) atoms. The first-order valence-electron chi connectivity index (χ1n) is 11.3. The fourth-order valence-corrected chi connectivity index (χ4v) is 3.39. The van der Waals surface area contributed by atoms with Gasteiger partial charge in [-0.05, 0) is 50.0 Å². The highest BCUT2D eigenvalue weighted by Gasteiger charge is 2.29. The van der Waals surface area contributed by atoms with Crippen LogP contribution in [0.3, 0.4) is 0 Å². The number of aromatic nitrogens is 3. The van der Waals surface area contributed by atoms with Crippen molar-refractivity contribution in [3.8, 4) is 5.75 Å². The average molecular weight is 496 g/mol. The van der Waals surface area contributed by atoms with E-state index in [0.717, 1.165) is 18.7 Å². The second kappa shape index (κ2) is 14.1. The first kappa shape index (κ1) is 27.8. The van der Waals surface area contributed by atoms with E-state index in [0.29, 0.717) is 19.1 Å². The number of aliphatic hydroxyl groups excluding tert-OH is 2. The number of aliphatic hydroxyl groups is 2. The zero-order valence-electron chi connectivity index (χ0n) is 19.6. The molecule has 1 fully saturated rings. The van der Waals surface area contributed by atoms with Gasteiger partial charge in [0.2, 0.25) is 5.95 Å². The van der Waals surface area contributed by atoms with Crippen LogP contribution >= 0.6 is 0 Å². The van der Waals surface area contributed by atoms with Crippen molar-refractivity contribution in [2.45, 2.75) is 44.4 Å². The molecular weight excluding hydrogens is 462 g/mol. The molecule has 2 atom stereocenters. The molecule has 1 aliphatic rings. The monoisotopic (exact) mass is 495 g/mol. The number of nitrogens with one attached hydrogen (secondary N) is 2. The van der Waals surface area contributed by atoms with Crippen LogP contribution in [0.4, 0.5) is 5.95 Å². The lowest BCUT2D eigenvalue weighted by atomic mass is 10.1. The maximum absolute atomic E-state index is 11.1. The van der Waals surface area contributed by atoms with E-state index in [9.17, 15) is 14.4 Å². The maximum Gasteiger partial charge on any atom is 0.363 e. The smallest absolute Gasteiger partial charge is 0.363 e. The van der Waals surface area contributed by atoms with Crippen molar-refractivity contribution in [3.05, 3.63) is 40.3 Å². The number of hydrogen-bond acceptors (Lipinski definition) is 9. The summed E-state index contributed by atoms with van der Waals surface area (Å²) in [7, 11) is 1.75. The van der Waals surface area contributed by atoms with E-state index in [1.54, 1.807) is 11.7 Å². The number of likely N-dealkylation sites (tertiary alicyclic amines) is 1. The highest BCUT2D eigenvalue weighted by molar-refractivity contribution is 5.83. The topological polar surface area (TPSA) is 190 Å². The number of anilines is 1. The van der Waals surface area contributed by atoms with E-state index in [2.05, 4.69) is 38.5 Å². The van der Waals surface area contributed by atoms with E-state index >= 15 is 0 Å². The lowest BCUT2D eigenvalue weighted by Crippen LogP contribution is -2.39. The fourth-order valence-electron chi connectivity index (χ4n) is 3.39. The van der Waals surface area contributed by atoms with Crippen LogP contribution in [0.1, 0.15) is 31.2 Å². The standard InChI is InChI=1S/C18H27N5O2.C4H6O6/c1-22-17(20-18(24)21-22)19-9-6-12-25-16-8-5-7-15(13-16)14-23-10-3-2-4-11-23;5-1(3(7)8)2(6)4(9)10/h5,7-8,13H,2-4,6,9-12,14H2,1H3,(H2,19,20,21,24);1-2,5-6H,(H,7,8)(H,9,10). The summed E-state index contributed by atoms with van der Waals surface area (Å²) in [6.45, 7) is 4.73. The summed E-state index contributed by atoms with van der Waals surface area (Å²) < 4.78 is 7.43. The number of rotatable bonds is 11. The molecule has 0 amide bonds. The molecule has 194 valence electrons. The Balaban J connectivity index is 0.000000367. The third kappa shape index (κ3) is 9.76. The number of carboxylic acid groups (broad SMARTS) is 2. The summed E-state index contributed by atoms with van der Waals surface area (Å²) in [6.07, 6.45) is 0.280. The Hall–Kier alpha value is -3.42. The molecule has 0 aliphatic carbocycles. The van der Waals surface area contributed by atoms with Crippen molar-refractivity contribution in [2.75, 3.05) is 31.6 Å². The number of hydrogen-bond donors (Lipinski definition) is 6. The highest BCUT2D eigenvalue weighted by atomic mass is 16.5. The summed E-state index contributed by atoms with van der Waals surface area (Å²) in [5.74, 6) is -2.07. The van der Waals surface area contributed by atoms with E-state index in [-0.39, 0.29) is 5.69 Å². The molecule has 3 rings (SSSR count). The van der Waals surface area contributed by atoms with Gasteiger partial charge in [0, 0.05) is 20.1 Å². The summed E-state index contributed by atoms with van der Waals surface area (Å²) in [5.41, 5.74) is 0.968. The van der Waals surface area contributed by atoms with Gasteiger partial charge in [0.25, 0.3) is 0 Å². The minimum Gasteiger partial charge on any atom is -0.494 e. The Bertz CT molecular complexity index is 984. The number of ether oxygens (including phenoxy) is 1. The van der Waals surface area contributed by atoms with Crippen molar-refractivity contribution in [1.82, 2.24) is 19.7 Å². The Kier molecular flexibility index (Phi) is 11.2. The maximum atomic E-state index is 11.1. The van der Waals surface area contributed by atoms with E-state index in [4.69, 9.17) is 25.2 Å². The Labute approximate surface area is 202 Å². The van der Waals surface area contributed by atoms with Crippen molar-refractivity contribution >= 4 is 17.9 Å². The van der Waals surface area contributed by atoms with Crippen LogP contribution in [0, 0.1) is 0 Å². The molecule has 6 N–H and O–H groups in total. The second-order valence-corrected chi connectivity index (χ2v) is 8.09. The van der Waals surface area contributed by atoms with Crippen LogP contribution in [-0.2, 0) is 23.2 Å². The van der Waals surface area contributed by atoms with Crippen LogP contribution in [0.2, 0.25) is 0 Å². The number of nitrogens with zero attached hydrogens (tertiary/aromatic N) is 3. The number of H-pyrrole nitrogens is 1. The zero-order valence-corrected chi connectivity index (χ0v) is 19.6. The van der Waals surface area contributed by atoms with Gasteiger partial charge < -0.3 is 30.5 Å². The third-order valence-corrected chi connectivity index (χ3v) is 5.22. The molecule has 1 aromatic heterocycles. The number of piperidine rings is 1. The summed E-state index contributed by atoms with van der Waals surface area (Å²) >= 11 is 0. The predicted molar refractivity (Wildman–Crippen MR) is 125 cm³/mol. The van der Waals surface area contributed by atoms with Gasteiger partial charge in [-0.25, -0.2) is 19.5 Å². The van der Waals surface area contributed by atoms with Crippen molar-refractivity contribution in [2.24, 2.45) is 7.05 Å². The van der Waals surface area contributed by atoms with Crippen LogP contribution in [0.5, 0.6) is 5.75 Å². The first-order chi connectivity index (χ1) is 16.7. The average Bonchev–Trinajstić information content (AvgIpc) is 3.15. The van der Waals surface area contributed by atoms with E-state index in [1.165, 1.54) is 37.9 Å². The van der Waals surface area contributed by atoms with Gasteiger partial charge in [0.1, 0.15) is 5.75 Å². The van der Waals surface area contributed by atoms with Crippen LogP contribution < -0.4 is 15.7 Å². The molecular formula is C22H33N5O8. The number of benzene rings is 1. The van der Waals surface area contributed by atoms with Crippen molar-refractivity contribution in [1.29, 1.82) is 0 Å². The van der Waals surface area contributed by atoms with Gasteiger partial charge in [-0.2, -0.15) is 4.98 Å². The zero-order chi connectivity index (χ0) is 25.8. The molecule has 1 saturated heterocycles. The Morgan fingerprint density at radius 1 is 1.14 bits per heavy atom. The fraction of sp³-hybridized carbons (Fsp3) is 0.545. The normalized spacial score (nSPS) is 15.4. The van der Waals surface area contributed by atoms with Crippen molar-refractivity contribution < 1.29 is 34.8 Å². The van der Waals surface area contributed by atoms with Crippen molar-refractivity contribution in [3.63, 3.8) is 0 Å². The van der Waals surface area contributed by atoms with Gasteiger partial charge >= 0.3 is 17.6 Å². The minimum atomic E-state index is -2.27. The van der Waals surface area contributed by atoms with E-state index < -0.39 is 24.1 Å². The van der Waals surface area contributed by atoms with Gasteiger partial charge in [-0.3, -0.25) is 9.58 Å². The SMILES string of the molecule is Cn1[nH]c(=O)nc1NCCCOc1cccc(CN2CCCCC2)c1.O=C(O)C(O)C(O)C(=O)O. The van der Waals surface area contributed by atoms with Crippen LogP contribution in [0.15, 0.2) is 29.1 Å². The first-order valence-corrected chi connectivity index (χ1v) is 11.3. The molecule has 0 saturated carbocycles. The van der Waals surface area contributed by atoms with Gasteiger partial charge in [0.15, 0.2) is 12.2 Å². The molecule has 0 spiro atoms. The molecule has 0 bridgehead atoms. The third-order valence-electron chi connectivity index (χ3n) is 5.22. The Morgan fingerprint density at radius 2 is 1.80 bits per heavy atom. The number of aromatic amines is 1. The van der Waals surface area contributed by atoms with Crippen LogP contribution in [-0.4, -0.2) is 90.5 Å².